The lowest BCUT2D eigenvalue weighted by Gasteiger charge is -2.21. The first-order valence-electron chi connectivity index (χ1n) is 6.40. The molecule has 0 fully saturated rings. The molecule has 0 saturated carbocycles. The van der Waals surface area contributed by atoms with Gasteiger partial charge in [-0.3, -0.25) is 0 Å². The SMILES string of the molecule is CCCC(C)C(CCl)Cc1cccc(OC)c1. The molecule has 0 aromatic heterocycles. The monoisotopic (exact) mass is 254 g/mol. The molecule has 0 saturated heterocycles. The molecule has 1 nitrogen and oxygen atoms in total. The average molecular weight is 255 g/mol. The van der Waals surface area contributed by atoms with Crippen molar-refractivity contribution in [3.63, 3.8) is 0 Å². The first kappa shape index (κ1) is 14.4. The molecule has 0 spiro atoms. The Hall–Kier alpha value is -0.690. The Morgan fingerprint density at radius 2 is 2.12 bits per heavy atom. The fraction of sp³-hybridized carbons (Fsp3) is 0.600. The van der Waals surface area contributed by atoms with E-state index in [2.05, 4.69) is 26.0 Å². The summed E-state index contributed by atoms with van der Waals surface area (Å²) >= 11 is 6.09. The molecule has 17 heavy (non-hydrogen) atoms. The molecule has 0 radical (unpaired) electrons. The molecule has 1 aromatic carbocycles. The van der Waals surface area contributed by atoms with E-state index in [1.807, 2.05) is 12.1 Å². The quantitative estimate of drug-likeness (QED) is 0.650. The highest BCUT2D eigenvalue weighted by molar-refractivity contribution is 6.18. The second-order valence-electron chi connectivity index (χ2n) is 4.74. The van der Waals surface area contributed by atoms with Crippen LogP contribution in [0.15, 0.2) is 24.3 Å². The summed E-state index contributed by atoms with van der Waals surface area (Å²) in [5.41, 5.74) is 1.32. The van der Waals surface area contributed by atoms with Crippen molar-refractivity contribution in [2.45, 2.75) is 33.1 Å². The van der Waals surface area contributed by atoms with Crippen LogP contribution in [0.5, 0.6) is 5.75 Å². The lowest BCUT2D eigenvalue weighted by Crippen LogP contribution is -2.16. The predicted octanol–water partition coefficient (Wildman–Crippen LogP) is 4.53. The third kappa shape index (κ3) is 4.59. The van der Waals surface area contributed by atoms with Crippen molar-refractivity contribution in [3.05, 3.63) is 29.8 Å². The van der Waals surface area contributed by atoms with E-state index >= 15 is 0 Å². The largest absolute Gasteiger partial charge is 0.497 e. The zero-order chi connectivity index (χ0) is 12.7. The number of benzene rings is 1. The van der Waals surface area contributed by atoms with Crippen molar-refractivity contribution < 1.29 is 4.74 Å². The summed E-state index contributed by atoms with van der Waals surface area (Å²) in [6.45, 7) is 4.53. The minimum atomic E-state index is 0.559. The second kappa shape index (κ2) is 7.60. The molecule has 0 bridgehead atoms. The molecule has 1 aromatic rings. The molecule has 1 rings (SSSR count). The van der Waals surface area contributed by atoms with Gasteiger partial charge in [-0.25, -0.2) is 0 Å². The summed E-state index contributed by atoms with van der Waals surface area (Å²) in [4.78, 5) is 0. The molecule has 2 unspecified atom stereocenters. The van der Waals surface area contributed by atoms with Crippen molar-refractivity contribution in [1.29, 1.82) is 0 Å². The average Bonchev–Trinajstić information content (AvgIpc) is 2.36. The Kier molecular flexibility index (Phi) is 6.43. The van der Waals surface area contributed by atoms with Crippen LogP contribution < -0.4 is 4.74 Å². The number of halogens is 1. The molecule has 0 aliphatic heterocycles. The molecule has 0 aliphatic rings. The van der Waals surface area contributed by atoms with Crippen molar-refractivity contribution in [2.75, 3.05) is 13.0 Å². The molecule has 0 heterocycles. The molecule has 0 amide bonds. The highest BCUT2D eigenvalue weighted by Crippen LogP contribution is 2.24. The minimum absolute atomic E-state index is 0.559. The van der Waals surface area contributed by atoms with Gasteiger partial charge in [0.15, 0.2) is 0 Å². The van der Waals surface area contributed by atoms with Crippen molar-refractivity contribution in [3.8, 4) is 5.75 Å². The minimum Gasteiger partial charge on any atom is -0.497 e. The molecule has 2 heteroatoms. The Morgan fingerprint density at radius 3 is 2.71 bits per heavy atom. The van der Waals surface area contributed by atoms with Crippen LogP contribution >= 0.6 is 11.6 Å². The van der Waals surface area contributed by atoms with Gasteiger partial charge in [0.1, 0.15) is 5.75 Å². The van der Waals surface area contributed by atoms with Gasteiger partial charge in [-0.1, -0.05) is 38.8 Å². The van der Waals surface area contributed by atoms with E-state index < -0.39 is 0 Å². The first-order valence-corrected chi connectivity index (χ1v) is 6.93. The fourth-order valence-corrected chi connectivity index (χ4v) is 2.61. The van der Waals surface area contributed by atoms with Gasteiger partial charge in [-0.05, 0) is 36.0 Å². The summed E-state index contributed by atoms with van der Waals surface area (Å²) in [7, 11) is 1.71. The molecule has 0 N–H and O–H groups in total. The standard InChI is InChI=1S/C15H23ClO/c1-4-6-12(2)14(11-16)9-13-7-5-8-15(10-13)17-3/h5,7-8,10,12,14H,4,6,9,11H2,1-3H3. The van der Waals surface area contributed by atoms with Crippen molar-refractivity contribution in [2.24, 2.45) is 11.8 Å². The predicted molar refractivity (Wildman–Crippen MR) is 75.0 cm³/mol. The van der Waals surface area contributed by atoms with Crippen molar-refractivity contribution in [1.82, 2.24) is 0 Å². The fourth-order valence-electron chi connectivity index (χ4n) is 2.20. The maximum Gasteiger partial charge on any atom is 0.119 e. The van der Waals surface area contributed by atoms with Crippen LogP contribution in [0.1, 0.15) is 32.3 Å². The van der Waals surface area contributed by atoms with E-state index in [0.29, 0.717) is 11.8 Å². The maximum atomic E-state index is 6.09. The Balaban J connectivity index is 2.66. The van der Waals surface area contributed by atoms with E-state index in [1.54, 1.807) is 7.11 Å². The van der Waals surface area contributed by atoms with Gasteiger partial charge >= 0.3 is 0 Å². The molecule has 2 atom stereocenters. The number of methoxy groups -OCH3 is 1. The van der Waals surface area contributed by atoms with E-state index in [0.717, 1.165) is 18.1 Å². The molecular weight excluding hydrogens is 232 g/mol. The number of alkyl halides is 1. The summed E-state index contributed by atoms with van der Waals surface area (Å²) in [5, 5.41) is 0. The van der Waals surface area contributed by atoms with Crippen LogP contribution in [0.25, 0.3) is 0 Å². The van der Waals surface area contributed by atoms with Crippen LogP contribution in [0.2, 0.25) is 0 Å². The van der Waals surface area contributed by atoms with Crippen LogP contribution in [0, 0.1) is 11.8 Å². The summed E-state index contributed by atoms with van der Waals surface area (Å²) in [6, 6.07) is 8.29. The molecule has 96 valence electrons. The normalized spacial score (nSPS) is 14.4. The van der Waals surface area contributed by atoms with Gasteiger partial charge in [0.2, 0.25) is 0 Å². The van der Waals surface area contributed by atoms with E-state index in [1.165, 1.54) is 18.4 Å². The Bertz CT molecular complexity index is 324. The van der Waals surface area contributed by atoms with Crippen molar-refractivity contribution >= 4 is 11.6 Å². The van der Waals surface area contributed by atoms with E-state index in [9.17, 15) is 0 Å². The highest BCUT2D eigenvalue weighted by Gasteiger charge is 2.16. The number of hydrogen-bond acceptors (Lipinski definition) is 1. The van der Waals surface area contributed by atoms with Gasteiger partial charge in [-0.15, -0.1) is 11.6 Å². The Morgan fingerprint density at radius 1 is 1.35 bits per heavy atom. The maximum absolute atomic E-state index is 6.09. The summed E-state index contributed by atoms with van der Waals surface area (Å²) in [6.07, 6.45) is 3.52. The lowest BCUT2D eigenvalue weighted by molar-refractivity contribution is 0.362. The van der Waals surface area contributed by atoms with Gasteiger partial charge in [0, 0.05) is 5.88 Å². The Labute approximate surface area is 110 Å². The van der Waals surface area contributed by atoms with Gasteiger partial charge in [0.25, 0.3) is 0 Å². The highest BCUT2D eigenvalue weighted by atomic mass is 35.5. The number of ether oxygens (including phenoxy) is 1. The van der Waals surface area contributed by atoms with E-state index in [-0.39, 0.29) is 0 Å². The van der Waals surface area contributed by atoms with E-state index in [4.69, 9.17) is 16.3 Å². The van der Waals surface area contributed by atoms with Crippen LogP contribution in [0.4, 0.5) is 0 Å². The third-order valence-electron chi connectivity index (χ3n) is 3.38. The number of hydrogen-bond donors (Lipinski definition) is 0. The zero-order valence-corrected chi connectivity index (χ0v) is 11.8. The topological polar surface area (TPSA) is 9.23 Å². The molecule has 0 aliphatic carbocycles. The van der Waals surface area contributed by atoms with Crippen LogP contribution in [-0.4, -0.2) is 13.0 Å². The molecular formula is C15H23ClO. The number of rotatable bonds is 7. The zero-order valence-electron chi connectivity index (χ0n) is 11.1. The van der Waals surface area contributed by atoms with Crippen LogP contribution in [-0.2, 0) is 6.42 Å². The van der Waals surface area contributed by atoms with Crippen LogP contribution in [0.3, 0.4) is 0 Å². The first-order chi connectivity index (χ1) is 8.21. The summed E-state index contributed by atoms with van der Waals surface area (Å²) < 4.78 is 5.25. The smallest absolute Gasteiger partial charge is 0.119 e. The second-order valence-corrected chi connectivity index (χ2v) is 5.04. The third-order valence-corrected chi connectivity index (χ3v) is 3.78. The van der Waals surface area contributed by atoms with Gasteiger partial charge in [-0.2, -0.15) is 0 Å². The summed E-state index contributed by atoms with van der Waals surface area (Å²) in [5.74, 6) is 2.91. The lowest BCUT2D eigenvalue weighted by atomic mass is 9.86. The van der Waals surface area contributed by atoms with Gasteiger partial charge in [0.05, 0.1) is 7.11 Å². The van der Waals surface area contributed by atoms with Gasteiger partial charge < -0.3 is 4.74 Å².